The van der Waals surface area contributed by atoms with Crippen molar-refractivity contribution in [2.75, 3.05) is 6.54 Å². The average molecular weight is 486 g/mol. The lowest BCUT2D eigenvalue weighted by Crippen LogP contribution is -2.57. The van der Waals surface area contributed by atoms with E-state index in [9.17, 15) is 39.9 Å². The van der Waals surface area contributed by atoms with Gasteiger partial charge >= 0.3 is 24.1 Å². The molecule has 0 atom stereocenters. The van der Waals surface area contributed by atoms with Crippen LogP contribution in [0, 0.1) is 10.8 Å². The van der Waals surface area contributed by atoms with Gasteiger partial charge in [0, 0.05) is 24.8 Å². The molecule has 0 spiro atoms. The number of carbonyl (C=O) groups is 1. The Balaban J connectivity index is 4.57. The zero-order valence-corrected chi connectivity index (χ0v) is 19.5. The van der Waals surface area contributed by atoms with E-state index in [-0.39, 0.29) is 18.3 Å². The third kappa shape index (κ3) is 9.39. The van der Waals surface area contributed by atoms with Crippen LogP contribution in [-0.2, 0) is 9.53 Å². The smallest absolute Gasteiger partial charge is 0.356 e. The Kier molecular flexibility index (Phi) is 10.5. The first-order valence-corrected chi connectivity index (χ1v) is 10.5. The summed E-state index contributed by atoms with van der Waals surface area (Å²) >= 11 is 0. The van der Waals surface area contributed by atoms with Crippen molar-refractivity contribution in [3.63, 3.8) is 0 Å². The molecule has 1 amide bonds. The van der Waals surface area contributed by atoms with Gasteiger partial charge in [-0.05, 0) is 31.1 Å². The number of unbranched alkanes of at least 4 members (excludes halogenated alkanes) is 2. The molecule has 11 heteroatoms. The second-order valence-corrected chi connectivity index (χ2v) is 10.2. The fraction of sp³-hybridized carbons (Fsp3) is 0.952. The van der Waals surface area contributed by atoms with Crippen molar-refractivity contribution in [2.45, 2.75) is 111 Å². The number of hydrogen-bond acceptors (Lipinski definition) is 2. The Hall–Kier alpha value is -1.13. The van der Waals surface area contributed by atoms with Gasteiger partial charge in [-0.2, -0.15) is 35.1 Å². The van der Waals surface area contributed by atoms with Gasteiger partial charge in [-0.15, -0.1) is 0 Å². The number of carbonyl (C=O) groups excluding carboxylic acids is 1. The number of hydrogen-bond donors (Lipinski definition) is 1. The minimum atomic E-state index is -5.83. The van der Waals surface area contributed by atoms with Gasteiger partial charge in [0.25, 0.3) is 0 Å². The molecule has 0 saturated heterocycles. The zero-order chi connectivity index (χ0) is 25.6. The van der Waals surface area contributed by atoms with Crippen LogP contribution >= 0.6 is 0 Å². The fourth-order valence-electron chi connectivity index (χ4n) is 2.61. The first-order chi connectivity index (χ1) is 14.1. The molecule has 3 nitrogen and oxygen atoms in total. The minimum absolute atomic E-state index is 0.160. The van der Waals surface area contributed by atoms with Crippen LogP contribution in [0.2, 0.25) is 0 Å². The summed E-state index contributed by atoms with van der Waals surface area (Å²) in [5.74, 6) is -10.7. The van der Waals surface area contributed by atoms with E-state index in [2.05, 4.69) is 30.8 Å². The van der Waals surface area contributed by atoms with E-state index in [1.807, 2.05) is 0 Å². The summed E-state index contributed by atoms with van der Waals surface area (Å²) < 4.78 is 112. The second-order valence-electron chi connectivity index (χ2n) is 10.2. The van der Waals surface area contributed by atoms with Gasteiger partial charge in [0.2, 0.25) is 5.91 Å². The van der Waals surface area contributed by atoms with E-state index in [1.54, 1.807) is 0 Å². The van der Waals surface area contributed by atoms with Crippen LogP contribution in [0.3, 0.4) is 0 Å². The first kappa shape index (κ1) is 30.9. The molecule has 192 valence electrons. The van der Waals surface area contributed by atoms with Crippen molar-refractivity contribution < 1.29 is 44.7 Å². The molecule has 0 bridgehead atoms. The first-order valence-electron chi connectivity index (χ1n) is 10.5. The van der Waals surface area contributed by atoms with Crippen molar-refractivity contribution >= 4 is 5.91 Å². The number of amides is 1. The molecule has 0 heterocycles. The highest BCUT2D eigenvalue weighted by Crippen LogP contribution is 2.52. The summed E-state index contributed by atoms with van der Waals surface area (Å²) in [5, 5.41) is 2.58. The van der Waals surface area contributed by atoms with Gasteiger partial charge in [-0.3, -0.25) is 4.79 Å². The summed E-state index contributed by atoms with van der Waals surface area (Å²) in [6, 6.07) is 0. The van der Waals surface area contributed by atoms with Gasteiger partial charge in [-0.1, -0.05) is 48.0 Å². The number of ether oxygens (including phenoxy) is 1. The average Bonchev–Trinajstić information content (AvgIpc) is 2.55. The van der Waals surface area contributed by atoms with E-state index in [1.165, 1.54) is 0 Å². The molecule has 0 aromatic heterocycles. The maximum Gasteiger partial charge on any atom is 0.424 e. The number of alkyl halides is 8. The number of rotatable bonds is 13. The molecule has 0 radical (unpaired) electrons. The predicted octanol–water partition coefficient (Wildman–Crippen LogP) is 7.40. The van der Waals surface area contributed by atoms with Crippen molar-refractivity contribution in [1.82, 2.24) is 5.32 Å². The monoisotopic (exact) mass is 485 g/mol. The van der Waals surface area contributed by atoms with Crippen LogP contribution in [-0.4, -0.2) is 36.5 Å². The minimum Gasteiger partial charge on any atom is -0.356 e. The molecular formula is C21H35F8NO2. The summed E-state index contributed by atoms with van der Waals surface area (Å²) in [5.41, 5.74) is -2.37. The van der Waals surface area contributed by atoms with Gasteiger partial charge < -0.3 is 5.32 Å². The Bertz CT molecular complexity index is 596. The van der Waals surface area contributed by atoms with Crippen molar-refractivity contribution in [3.05, 3.63) is 0 Å². The lowest BCUT2D eigenvalue weighted by Gasteiger charge is -2.38. The zero-order valence-electron chi connectivity index (χ0n) is 19.5. The highest BCUT2D eigenvalue weighted by Gasteiger charge is 2.71. The van der Waals surface area contributed by atoms with Crippen LogP contribution < -0.4 is 5.32 Å². The maximum atomic E-state index is 13.8. The molecular weight excluding hydrogens is 450 g/mol. The van der Waals surface area contributed by atoms with Crippen LogP contribution in [0.1, 0.15) is 86.5 Å². The molecule has 0 aromatic carbocycles. The van der Waals surface area contributed by atoms with Crippen LogP contribution in [0.4, 0.5) is 35.1 Å². The predicted molar refractivity (Wildman–Crippen MR) is 105 cm³/mol. The Morgan fingerprint density at radius 2 is 1.22 bits per heavy atom. The summed E-state index contributed by atoms with van der Waals surface area (Å²) in [6.45, 7) is 8.52. The third-order valence-corrected chi connectivity index (χ3v) is 4.81. The third-order valence-electron chi connectivity index (χ3n) is 4.81. The van der Waals surface area contributed by atoms with E-state index < -0.39 is 48.2 Å². The van der Waals surface area contributed by atoms with Crippen LogP contribution in [0.25, 0.3) is 0 Å². The summed E-state index contributed by atoms with van der Waals surface area (Å²) in [6.07, 6.45) is -11.8. The molecule has 0 unspecified atom stereocenters. The highest BCUT2D eigenvalue weighted by atomic mass is 19.3. The molecule has 0 aliphatic heterocycles. The summed E-state index contributed by atoms with van der Waals surface area (Å²) in [7, 11) is 0. The highest BCUT2D eigenvalue weighted by molar-refractivity contribution is 5.75. The molecule has 0 aromatic rings. The van der Waals surface area contributed by atoms with Crippen molar-refractivity contribution in [2.24, 2.45) is 10.8 Å². The molecule has 0 fully saturated rings. The van der Waals surface area contributed by atoms with Gasteiger partial charge in [0.1, 0.15) is 0 Å². The topological polar surface area (TPSA) is 38.3 Å². The summed E-state index contributed by atoms with van der Waals surface area (Å²) in [4.78, 5) is 11.7. The molecule has 0 rings (SSSR count). The van der Waals surface area contributed by atoms with Crippen molar-refractivity contribution in [3.8, 4) is 0 Å². The van der Waals surface area contributed by atoms with Crippen molar-refractivity contribution in [1.29, 1.82) is 0 Å². The lowest BCUT2D eigenvalue weighted by molar-refractivity contribution is -0.478. The number of halogens is 8. The normalized spacial score (nSPS) is 14.6. The second kappa shape index (κ2) is 10.9. The van der Waals surface area contributed by atoms with Gasteiger partial charge in [0.05, 0.1) is 0 Å². The molecule has 1 N–H and O–H groups in total. The molecule has 0 aliphatic rings. The Labute approximate surface area is 184 Å². The largest absolute Gasteiger partial charge is 0.424 e. The fourth-order valence-corrected chi connectivity index (χ4v) is 2.61. The van der Waals surface area contributed by atoms with E-state index in [0.29, 0.717) is 27.3 Å². The Morgan fingerprint density at radius 1 is 0.719 bits per heavy atom. The molecule has 0 aliphatic carbocycles. The molecule has 32 heavy (non-hydrogen) atoms. The standard InChI is InChI=1S/C21H35F8NO2/c1-16(2,3)12-9-10-14-30-15(31)11-7-8-13-18(22,23)20(26,27)32-21(28,29)19(24,25)17(4,5)6/h7-14H2,1-6H3,(H,30,31). The number of nitrogens with one attached hydrogen (secondary N) is 1. The van der Waals surface area contributed by atoms with Crippen LogP contribution in [0.15, 0.2) is 0 Å². The van der Waals surface area contributed by atoms with Gasteiger partial charge in [-0.25, -0.2) is 4.74 Å². The lowest BCUT2D eigenvalue weighted by atomic mass is 9.87. The van der Waals surface area contributed by atoms with E-state index in [0.717, 1.165) is 19.3 Å². The van der Waals surface area contributed by atoms with Gasteiger partial charge in [0.15, 0.2) is 0 Å². The Morgan fingerprint density at radius 3 is 1.69 bits per heavy atom. The quantitative estimate of drug-likeness (QED) is 0.218. The molecule has 0 saturated carbocycles. The maximum absolute atomic E-state index is 13.8. The SMILES string of the molecule is CC(C)(C)CCCCNC(=O)CCCCC(F)(F)C(F)(F)OC(F)(F)C(F)(F)C(C)(C)C. The van der Waals surface area contributed by atoms with E-state index >= 15 is 0 Å². The van der Waals surface area contributed by atoms with E-state index in [4.69, 9.17) is 0 Å². The van der Waals surface area contributed by atoms with Crippen LogP contribution in [0.5, 0.6) is 0 Å².